The molecule has 1 aliphatic carbocycles. The summed E-state index contributed by atoms with van der Waals surface area (Å²) in [6.07, 6.45) is 8.35. The van der Waals surface area contributed by atoms with E-state index in [9.17, 15) is 5.11 Å². The van der Waals surface area contributed by atoms with E-state index in [1.807, 2.05) is 19.9 Å². The molecule has 2 rings (SSSR count). The van der Waals surface area contributed by atoms with Crippen molar-refractivity contribution in [2.75, 3.05) is 13.7 Å². The molecular formula is C17H25NO3. The molecule has 4 heteroatoms. The summed E-state index contributed by atoms with van der Waals surface area (Å²) < 4.78 is 11.0. The molecule has 1 aliphatic rings. The van der Waals surface area contributed by atoms with Gasteiger partial charge in [0.1, 0.15) is 18.1 Å². The van der Waals surface area contributed by atoms with Crippen molar-refractivity contribution in [3.05, 3.63) is 29.6 Å². The van der Waals surface area contributed by atoms with Crippen LogP contribution in [0.2, 0.25) is 0 Å². The Balaban J connectivity index is 2.12. The number of hydrogen-bond donors (Lipinski definition) is 1. The first-order chi connectivity index (χ1) is 10.1. The lowest BCUT2D eigenvalue weighted by atomic mass is 9.81. The number of nitrogens with zero attached hydrogens (tertiary/aromatic N) is 1. The first-order valence-corrected chi connectivity index (χ1v) is 7.62. The lowest BCUT2D eigenvalue weighted by molar-refractivity contribution is 0.0862. The lowest BCUT2D eigenvalue weighted by Crippen LogP contribution is -2.29. The molecule has 116 valence electrons. The average Bonchev–Trinajstić information content (AvgIpc) is 2.53. The van der Waals surface area contributed by atoms with Gasteiger partial charge in [-0.3, -0.25) is 4.98 Å². The Morgan fingerprint density at radius 3 is 2.67 bits per heavy atom. The van der Waals surface area contributed by atoms with Crippen LogP contribution in [-0.4, -0.2) is 29.4 Å². The average molecular weight is 291 g/mol. The molecule has 0 aromatic carbocycles. The van der Waals surface area contributed by atoms with Gasteiger partial charge in [-0.05, 0) is 50.2 Å². The monoisotopic (exact) mass is 291 g/mol. The molecule has 1 N–H and O–H groups in total. The first-order valence-electron chi connectivity index (χ1n) is 7.62. The maximum atomic E-state index is 10.6. The Labute approximate surface area is 126 Å². The number of pyridine rings is 1. The molecule has 1 aromatic rings. The van der Waals surface area contributed by atoms with E-state index in [-0.39, 0.29) is 0 Å². The topological polar surface area (TPSA) is 51.6 Å². The molecule has 0 radical (unpaired) electrons. The first kappa shape index (κ1) is 15.8. The zero-order chi connectivity index (χ0) is 15.3. The van der Waals surface area contributed by atoms with Crippen molar-refractivity contribution in [2.45, 2.75) is 51.6 Å². The molecule has 0 saturated heterocycles. The third-order valence-electron chi connectivity index (χ3n) is 4.26. The van der Waals surface area contributed by atoms with E-state index in [1.54, 1.807) is 19.5 Å². The van der Waals surface area contributed by atoms with Gasteiger partial charge in [0.05, 0.1) is 25.1 Å². The van der Waals surface area contributed by atoms with Gasteiger partial charge in [-0.2, -0.15) is 0 Å². The Kier molecular flexibility index (Phi) is 5.23. The number of ether oxygens (including phenoxy) is 2. The fourth-order valence-electron chi connectivity index (χ4n) is 2.75. The molecule has 21 heavy (non-hydrogen) atoms. The van der Waals surface area contributed by atoms with Crippen LogP contribution in [0.5, 0.6) is 11.5 Å². The van der Waals surface area contributed by atoms with E-state index >= 15 is 0 Å². The van der Waals surface area contributed by atoms with Crippen molar-refractivity contribution in [1.29, 1.82) is 0 Å². The second kappa shape index (κ2) is 6.94. The van der Waals surface area contributed by atoms with E-state index in [2.05, 4.69) is 4.98 Å². The minimum absolute atomic E-state index is 0.514. The SMILES string of the molecule is CCC(C)(O)C1=C(COc2cncc(OC)c2)CCCC1. The summed E-state index contributed by atoms with van der Waals surface area (Å²) in [7, 11) is 1.61. The molecule has 0 spiro atoms. The largest absolute Gasteiger partial charge is 0.495 e. The van der Waals surface area contributed by atoms with Crippen molar-refractivity contribution in [2.24, 2.45) is 0 Å². The number of rotatable bonds is 6. The predicted molar refractivity (Wildman–Crippen MR) is 82.7 cm³/mol. The Bertz CT molecular complexity index is 509. The van der Waals surface area contributed by atoms with Crippen LogP contribution in [-0.2, 0) is 0 Å². The number of hydrogen-bond acceptors (Lipinski definition) is 4. The van der Waals surface area contributed by atoms with E-state index in [0.29, 0.717) is 18.1 Å². The highest BCUT2D eigenvalue weighted by Crippen LogP contribution is 2.34. The standard InChI is InChI=1S/C17H25NO3/c1-4-17(2,19)16-8-6-5-7-13(16)12-21-15-9-14(20-3)10-18-11-15/h9-11,19H,4-8,12H2,1-3H3. The molecule has 1 unspecified atom stereocenters. The van der Waals surface area contributed by atoms with Crippen molar-refractivity contribution in [3.63, 3.8) is 0 Å². The third kappa shape index (κ3) is 3.97. The highest BCUT2D eigenvalue weighted by Gasteiger charge is 2.28. The van der Waals surface area contributed by atoms with Gasteiger partial charge in [-0.15, -0.1) is 0 Å². The second-order valence-electron chi connectivity index (χ2n) is 5.77. The molecular weight excluding hydrogens is 266 g/mol. The lowest BCUT2D eigenvalue weighted by Gasteiger charge is -2.31. The molecule has 0 fully saturated rings. The van der Waals surface area contributed by atoms with Gasteiger partial charge in [-0.1, -0.05) is 6.92 Å². The normalized spacial score (nSPS) is 18.3. The highest BCUT2D eigenvalue weighted by molar-refractivity contribution is 5.30. The van der Waals surface area contributed by atoms with Crippen molar-refractivity contribution < 1.29 is 14.6 Å². The molecule has 1 atom stereocenters. The summed E-state index contributed by atoms with van der Waals surface area (Å²) in [6, 6.07) is 1.83. The van der Waals surface area contributed by atoms with Gasteiger partial charge in [0, 0.05) is 6.07 Å². The minimum atomic E-state index is -0.717. The molecule has 0 bridgehead atoms. The smallest absolute Gasteiger partial charge is 0.141 e. The number of methoxy groups -OCH3 is 1. The Morgan fingerprint density at radius 2 is 1.95 bits per heavy atom. The highest BCUT2D eigenvalue weighted by atomic mass is 16.5. The van der Waals surface area contributed by atoms with Crippen molar-refractivity contribution in [1.82, 2.24) is 4.98 Å². The molecule has 0 saturated carbocycles. The van der Waals surface area contributed by atoms with Crippen LogP contribution in [0.1, 0.15) is 46.0 Å². The van der Waals surface area contributed by atoms with E-state index in [4.69, 9.17) is 9.47 Å². The van der Waals surface area contributed by atoms with Gasteiger partial charge < -0.3 is 14.6 Å². The molecule has 0 aliphatic heterocycles. The number of aromatic nitrogens is 1. The summed E-state index contributed by atoms with van der Waals surface area (Å²) in [5, 5.41) is 10.6. The maximum absolute atomic E-state index is 10.6. The summed E-state index contributed by atoms with van der Waals surface area (Å²) >= 11 is 0. The van der Waals surface area contributed by atoms with Crippen LogP contribution in [0.15, 0.2) is 29.6 Å². The molecule has 0 amide bonds. The summed E-state index contributed by atoms with van der Waals surface area (Å²) in [5.41, 5.74) is 1.68. The summed E-state index contributed by atoms with van der Waals surface area (Å²) in [4.78, 5) is 4.09. The summed E-state index contributed by atoms with van der Waals surface area (Å²) in [6.45, 7) is 4.44. The van der Waals surface area contributed by atoms with Crippen LogP contribution in [0, 0.1) is 0 Å². The van der Waals surface area contributed by atoms with E-state index < -0.39 is 5.60 Å². The minimum Gasteiger partial charge on any atom is -0.495 e. The number of aliphatic hydroxyl groups is 1. The predicted octanol–water partition coefficient (Wildman–Crippen LogP) is 3.50. The fourth-order valence-corrected chi connectivity index (χ4v) is 2.75. The zero-order valence-electron chi connectivity index (χ0n) is 13.2. The van der Waals surface area contributed by atoms with Crippen LogP contribution in [0.4, 0.5) is 0 Å². The zero-order valence-corrected chi connectivity index (χ0v) is 13.2. The van der Waals surface area contributed by atoms with E-state index in [0.717, 1.165) is 31.3 Å². The molecule has 4 nitrogen and oxygen atoms in total. The summed E-state index contributed by atoms with van der Waals surface area (Å²) in [5.74, 6) is 1.38. The third-order valence-corrected chi connectivity index (χ3v) is 4.26. The quantitative estimate of drug-likeness (QED) is 0.815. The van der Waals surface area contributed by atoms with Crippen LogP contribution in [0.3, 0.4) is 0 Å². The second-order valence-corrected chi connectivity index (χ2v) is 5.77. The molecule has 1 heterocycles. The van der Waals surface area contributed by atoms with Gasteiger partial charge >= 0.3 is 0 Å². The van der Waals surface area contributed by atoms with Crippen LogP contribution in [0.25, 0.3) is 0 Å². The van der Waals surface area contributed by atoms with Crippen LogP contribution >= 0.6 is 0 Å². The maximum Gasteiger partial charge on any atom is 0.141 e. The van der Waals surface area contributed by atoms with Crippen molar-refractivity contribution in [3.8, 4) is 11.5 Å². The van der Waals surface area contributed by atoms with Gasteiger partial charge in [-0.25, -0.2) is 0 Å². The Hall–Kier alpha value is -1.55. The van der Waals surface area contributed by atoms with Crippen LogP contribution < -0.4 is 9.47 Å². The van der Waals surface area contributed by atoms with Gasteiger partial charge in [0.2, 0.25) is 0 Å². The van der Waals surface area contributed by atoms with Gasteiger partial charge in [0.25, 0.3) is 0 Å². The molecule has 1 aromatic heterocycles. The van der Waals surface area contributed by atoms with Gasteiger partial charge in [0.15, 0.2) is 0 Å². The van der Waals surface area contributed by atoms with Crippen molar-refractivity contribution >= 4 is 0 Å². The Morgan fingerprint density at radius 1 is 1.24 bits per heavy atom. The van der Waals surface area contributed by atoms with E-state index in [1.165, 1.54) is 12.0 Å². The fraction of sp³-hybridized carbons (Fsp3) is 0.588.